The van der Waals surface area contributed by atoms with Crippen LogP contribution in [-0.4, -0.2) is 11.8 Å². The Bertz CT molecular complexity index is 839. The highest BCUT2D eigenvalue weighted by Gasteiger charge is 2.27. The van der Waals surface area contributed by atoms with Crippen molar-refractivity contribution in [3.05, 3.63) is 65.2 Å². The molecule has 2 aromatic carbocycles. The van der Waals surface area contributed by atoms with Gasteiger partial charge < -0.3 is 9.47 Å². The van der Waals surface area contributed by atoms with Gasteiger partial charge in [-0.05, 0) is 66.8 Å². The van der Waals surface area contributed by atoms with Gasteiger partial charge in [0.1, 0.15) is 11.4 Å². The molecule has 2 rings (SSSR count). The van der Waals surface area contributed by atoms with Crippen LogP contribution in [0.2, 0.25) is 0 Å². The Kier molecular flexibility index (Phi) is 7.97. The monoisotopic (exact) mass is 424 g/mol. The summed E-state index contributed by atoms with van der Waals surface area (Å²) in [6, 6.07) is 16.8. The molecule has 0 atom stereocenters. The molecule has 0 heterocycles. The van der Waals surface area contributed by atoms with Crippen molar-refractivity contribution >= 4 is 6.16 Å². The van der Waals surface area contributed by atoms with Gasteiger partial charge in [0, 0.05) is 5.41 Å². The van der Waals surface area contributed by atoms with Gasteiger partial charge in [-0.2, -0.15) is 0 Å². The lowest BCUT2D eigenvalue weighted by Gasteiger charge is -2.30. The zero-order valence-electron chi connectivity index (χ0n) is 20.7. The first-order valence-electron chi connectivity index (χ1n) is 11.7. The van der Waals surface area contributed by atoms with Crippen LogP contribution >= 0.6 is 0 Å². The molecule has 0 spiro atoms. The van der Waals surface area contributed by atoms with Crippen molar-refractivity contribution < 1.29 is 14.3 Å². The van der Waals surface area contributed by atoms with E-state index in [9.17, 15) is 4.79 Å². The summed E-state index contributed by atoms with van der Waals surface area (Å²) < 4.78 is 10.9. The number of hydrogen-bond donors (Lipinski definition) is 0. The van der Waals surface area contributed by atoms with Gasteiger partial charge in [0.15, 0.2) is 0 Å². The maximum absolute atomic E-state index is 12.2. The van der Waals surface area contributed by atoms with Crippen LogP contribution in [0.1, 0.15) is 97.8 Å². The molecule has 0 N–H and O–H groups in total. The number of carbonyl (C=O) groups is 1. The van der Waals surface area contributed by atoms with Crippen molar-refractivity contribution in [1.82, 2.24) is 0 Å². The molecule has 3 heteroatoms. The third kappa shape index (κ3) is 5.70. The predicted molar refractivity (Wildman–Crippen MR) is 129 cm³/mol. The van der Waals surface area contributed by atoms with Gasteiger partial charge in [0.05, 0.1) is 0 Å². The standard InChI is InChI=1S/C28H40O3/c1-9-27(7,10-2)23-15-13-21(14-16-23)26(5,6)22-17-19-24(20-18-22)30-25(29)31-28(8,11-3)12-4/h13-20H,9-12H2,1-8H3. The van der Waals surface area contributed by atoms with E-state index in [-0.39, 0.29) is 10.8 Å². The van der Waals surface area contributed by atoms with Crippen molar-refractivity contribution in [2.24, 2.45) is 0 Å². The van der Waals surface area contributed by atoms with Crippen LogP contribution in [0, 0.1) is 0 Å². The first-order chi connectivity index (χ1) is 14.5. The van der Waals surface area contributed by atoms with Crippen LogP contribution in [-0.2, 0) is 15.6 Å². The van der Waals surface area contributed by atoms with E-state index in [4.69, 9.17) is 9.47 Å². The first kappa shape index (κ1) is 25.0. The number of hydrogen-bond acceptors (Lipinski definition) is 3. The van der Waals surface area contributed by atoms with E-state index >= 15 is 0 Å². The van der Waals surface area contributed by atoms with E-state index in [1.807, 2.05) is 45.0 Å². The average Bonchev–Trinajstić information content (AvgIpc) is 2.78. The molecule has 0 radical (unpaired) electrons. The molecule has 0 aliphatic carbocycles. The van der Waals surface area contributed by atoms with Gasteiger partial charge >= 0.3 is 6.16 Å². The lowest BCUT2D eigenvalue weighted by atomic mass is 9.74. The molecule has 0 aliphatic heterocycles. The van der Waals surface area contributed by atoms with Crippen molar-refractivity contribution in [2.45, 2.75) is 97.5 Å². The predicted octanol–water partition coefficient (Wildman–Crippen LogP) is 8.18. The minimum absolute atomic E-state index is 0.157. The molecule has 31 heavy (non-hydrogen) atoms. The van der Waals surface area contributed by atoms with Crippen LogP contribution in [0.5, 0.6) is 5.75 Å². The Morgan fingerprint density at radius 2 is 1.10 bits per heavy atom. The smallest absolute Gasteiger partial charge is 0.428 e. The summed E-state index contributed by atoms with van der Waals surface area (Å²) >= 11 is 0. The fraction of sp³-hybridized carbons (Fsp3) is 0.536. The quantitative estimate of drug-likeness (QED) is 0.301. The molecule has 170 valence electrons. The highest BCUT2D eigenvalue weighted by Crippen LogP contribution is 2.36. The van der Waals surface area contributed by atoms with E-state index in [0.29, 0.717) is 5.75 Å². The summed E-state index contributed by atoms with van der Waals surface area (Å²) in [4.78, 5) is 12.2. The zero-order valence-corrected chi connectivity index (χ0v) is 20.7. The second-order valence-corrected chi connectivity index (χ2v) is 9.61. The average molecular weight is 425 g/mol. The summed E-state index contributed by atoms with van der Waals surface area (Å²) in [6.45, 7) is 17.2. The van der Waals surface area contributed by atoms with Crippen molar-refractivity contribution in [3.63, 3.8) is 0 Å². The fourth-order valence-electron chi connectivity index (χ4n) is 3.77. The molecule has 0 aromatic heterocycles. The summed E-state index contributed by atoms with van der Waals surface area (Å²) in [5, 5.41) is 0. The minimum atomic E-state index is -0.649. The van der Waals surface area contributed by atoms with Gasteiger partial charge in [-0.15, -0.1) is 0 Å². The molecule has 0 amide bonds. The van der Waals surface area contributed by atoms with Gasteiger partial charge in [0.2, 0.25) is 0 Å². The summed E-state index contributed by atoms with van der Waals surface area (Å²) in [6.07, 6.45) is 3.11. The molecule has 0 fully saturated rings. The van der Waals surface area contributed by atoms with Crippen molar-refractivity contribution in [1.29, 1.82) is 0 Å². The number of benzene rings is 2. The van der Waals surface area contributed by atoms with E-state index < -0.39 is 11.8 Å². The Labute approximate surface area is 189 Å². The first-order valence-corrected chi connectivity index (χ1v) is 11.7. The number of ether oxygens (including phenoxy) is 2. The molecule has 3 nitrogen and oxygen atoms in total. The second-order valence-electron chi connectivity index (χ2n) is 9.61. The van der Waals surface area contributed by atoms with Crippen LogP contribution < -0.4 is 4.74 Å². The Morgan fingerprint density at radius 1 is 0.677 bits per heavy atom. The minimum Gasteiger partial charge on any atom is -0.428 e. The molecule has 0 unspecified atom stereocenters. The van der Waals surface area contributed by atoms with Crippen molar-refractivity contribution in [3.8, 4) is 5.75 Å². The SMILES string of the molecule is CCC(C)(CC)OC(=O)Oc1ccc(C(C)(C)c2ccc(C(C)(CC)CC)cc2)cc1. The van der Waals surface area contributed by atoms with Crippen LogP contribution in [0.15, 0.2) is 48.5 Å². The lowest BCUT2D eigenvalue weighted by molar-refractivity contribution is -0.00724. The summed E-state index contributed by atoms with van der Waals surface area (Å²) in [7, 11) is 0. The molecular formula is C28H40O3. The largest absolute Gasteiger partial charge is 0.514 e. The Hall–Kier alpha value is -2.29. The van der Waals surface area contributed by atoms with Gasteiger partial charge in [0.25, 0.3) is 0 Å². The topological polar surface area (TPSA) is 35.5 Å². The number of rotatable bonds is 9. The molecule has 0 aliphatic rings. The Morgan fingerprint density at radius 3 is 1.52 bits per heavy atom. The molecular weight excluding hydrogens is 384 g/mol. The molecule has 0 saturated heterocycles. The Balaban J connectivity index is 2.15. The maximum Gasteiger partial charge on any atom is 0.514 e. The van der Waals surface area contributed by atoms with E-state index in [1.165, 1.54) is 16.7 Å². The van der Waals surface area contributed by atoms with Gasteiger partial charge in [-0.3, -0.25) is 0 Å². The zero-order chi connectivity index (χ0) is 23.3. The fourth-order valence-corrected chi connectivity index (χ4v) is 3.77. The molecule has 0 saturated carbocycles. The van der Waals surface area contributed by atoms with Crippen LogP contribution in [0.3, 0.4) is 0 Å². The van der Waals surface area contributed by atoms with Gasteiger partial charge in [-0.1, -0.05) is 84.9 Å². The third-order valence-corrected chi connectivity index (χ3v) is 7.47. The summed E-state index contributed by atoms with van der Waals surface area (Å²) in [5.41, 5.74) is 3.40. The summed E-state index contributed by atoms with van der Waals surface area (Å²) in [5.74, 6) is 0.496. The second kappa shape index (κ2) is 9.89. The highest BCUT2D eigenvalue weighted by atomic mass is 16.7. The molecule has 0 bridgehead atoms. The third-order valence-electron chi connectivity index (χ3n) is 7.47. The number of carbonyl (C=O) groups excluding carboxylic acids is 1. The molecule has 2 aromatic rings. The lowest BCUT2D eigenvalue weighted by Crippen LogP contribution is -2.31. The highest BCUT2D eigenvalue weighted by molar-refractivity contribution is 5.64. The van der Waals surface area contributed by atoms with E-state index in [1.54, 1.807) is 0 Å². The van der Waals surface area contributed by atoms with Crippen molar-refractivity contribution in [2.75, 3.05) is 0 Å². The maximum atomic E-state index is 12.2. The van der Waals surface area contributed by atoms with Crippen LogP contribution in [0.4, 0.5) is 4.79 Å². The normalized spacial score (nSPS) is 12.5. The van der Waals surface area contributed by atoms with E-state index in [2.05, 4.69) is 58.9 Å². The van der Waals surface area contributed by atoms with E-state index in [0.717, 1.165) is 25.7 Å². The van der Waals surface area contributed by atoms with Gasteiger partial charge in [-0.25, -0.2) is 4.79 Å². The van der Waals surface area contributed by atoms with Crippen LogP contribution in [0.25, 0.3) is 0 Å².